The van der Waals surface area contributed by atoms with E-state index in [9.17, 15) is 4.79 Å². The monoisotopic (exact) mass is 281 g/mol. The second-order valence-electron chi connectivity index (χ2n) is 4.45. The van der Waals surface area contributed by atoms with Crippen LogP contribution in [0.4, 0.5) is 5.69 Å². The molecule has 112 valence electrons. The Morgan fingerprint density at radius 1 is 1.25 bits per heavy atom. The van der Waals surface area contributed by atoms with Crippen molar-refractivity contribution in [3.8, 4) is 0 Å². The smallest absolute Gasteiger partial charge is 0.254 e. The van der Waals surface area contributed by atoms with Gasteiger partial charge < -0.3 is 19.8 Å². The van der Waals surface area contributed by atoms with E-state index in [0.29, 0.717) is 31.9 Å². The number of nitrogen functional groups attached to an aromatic ring is 1. The zero-order chi connectivity index (χ0) is 15.0. The summed E-state index contributed by atoms with van der Waals surface area (Å²) < 4.78 is 10.1. The molecule has 3 N–H and O–H groups in total. The maximum absolute atomic E-state index is 12.5. The molecule has 6 heteroatoms. The van der Waals surface area contributed by atoms with Gasteiger partial charge in [-0.1, -0.05) is 0 Å². The van der Waals surface area contributed by atoms with E-state index in [1.165, 1.54) is 0 Å². The van der Waals surface area contributed by atoms with Gasteiger partial charge in [0, 0.05) is 38.6 Å². The quantitative estimate of drug-likeness (QED) is 0.549. The third-order valence-corrected chi connectivity index (χ3v) is 3.04. The molecule has 0 spiro atoms. The molecule has 0 heterocycles. The van der Waals surface area contributed by atoms with Crippen LogP contribution < -0.4 is 11.3 Å². The molecule has 0 saturated heterocycles. The van der Waals surface area contributed by atoms with Gasteiger partial charge in [0.2, 0.25) is 0 Å². The van der Waals surface area contributed by atoms with E-state index in [-0.39, 0.29) is 5.91 Å². The molecule has 6 nitrogen and oxygen atoms in total. The number of carbonyl (C=O) groups excluding carboxylic acids is 1. The number of benzene rings is 1. The molecular formula is C14H23N3O3. The van der Waals surface area contributed by atoms with Crippen LogP contribution in [-0.4, -0.2) is 51.3 Å². The van der Waals surface area contributed by atoms with Crippen molar-refractivity contribution in [3.05, 3.63) is 29.3 Å². The van der Waals surface area contributed by atoms with E-state index in [4.69, 9.17) is 15.3 Å². The summed E-state index contributed by atoms with van der Waals surface area (Å²) in [4.78, 5) is 14.3. The highest BCUT2D eigenvalue weighted by Gasteiger charge is 2.17. The van der Waals surface area contributed by atoms with Gasteiger partial charge in [-0.3, -0.25) is 10.6 Å². The predicted octanol–water partition coefficient (Wildman–Crippen LogP) is 1.02. The topological polar surface area (TPSA) is 76.8 Å². The average Bonchev–Trinajstić information content (AvgIpc) is 2.46. The lowest BCUT2D eigenvalue weighted by molar-refractivity contribution is 0.0626. The van der Waals surface area contributed by atoms with Crippen LogP contribution in [-0.2, 0) is 9.47 Å². The van der Waals surface area contributed by atoms with Gasteiger partial charge in [-0.05, 0) is 30.7 Å². The second-order valence-corrected chi connectivity index (χ2v) is 4.45. The molecule has 0 unspecified atom stereocenters. The van der Waals surface area contributed by atoms with Gasteiger partial charge in [0.05, 0.1) is 13.2 Å². The Hall–Kier alpha value is -1.63. The van der Waals surface area contributed by atoms with Crippen LogP contribution in [0.5, 0.6) is 0 Å². The number of nitrogens with zero attached hydrogens (tertiary/aromatic N) is 1. The van der Waals surface area contributed by atoms with Crippen LogP contribution in [0.15, 0.2) is 18.2 Å². The first-order valence-electron chi connectivity index (χ1n) is 6.48. The molecule has 0 aliphatic heterocycles. The van der Waals surface area contributed by atoms with Crippen molar-refractivity contribution in [3.63, 3.8) is 0 Å². The molecule has 1 rings (SSSR count). The maximum atomic E-state index is 12.5. The number of nitrogens with two attached hydrogens (primary N) is 1. The lowest BCUT2D eigenvalue weighted by atomic mass is 10.1. The van der Waals surface area contributed by atoms with Crippen molar-refractivity contribution >= 4 is 11.6 Å². The predicted molar refractivity (Wildman–Crippen MR) is 78.6 cm³/mol. The Kier molecular flexibility index (Phi) is 7.00. The lowest BCUT2D eigenvalue weighted by Gasteiger charge is -2.23. The summed E-state index contributed by atoms with van der Waals surface area (Å²) in [7, 11) is 3.23. The van der Waals surface area contributed by atoms with Crippen LogP contribution in [0.25, 0.3) is 0 Å². The molecule has 0 aromatic heterocycles. The van der Waals surface area contributed by atoms with Crippen molar-refractivity contribution in [2.24, 2.45) is 5.84 Å². The first-order chi connectivity index (χ1) is 9.63. The zero-order valence-corrected chi connectivity index (χ0v) is 12.3. The van der Waals surface area contributed by atoms with Crippen LogP contribution in [0.3, 0.4) is 0 Å². The summed E-state index contributed by atoms with van der Waals surface area (Å²) in [6.07, 6.45) is 0. The second kappa shape index (κ2) is 8.52. The highest BCUT2D eigenvalue weighted by atomic mass is 16.5. The maximum Gasteiger partial charge on any atom is 0.254 e. The van der Waals surface area contributed by atoms with Crippen molar-refractivity contribution in [2.45, 2.75) is 6.92 Å². The summed E-state index contributed by atoms with van der Waals surface area (Å²) in [5.41, 5.74) is 4.89. The van der Waals surface area contributed by atoms with Crippen LogP contribution in [0.2, 0.25) is 0 Å². The van der Waals surface area contributed by atoms with E-state index in [1.807, 2.05) is 13.0 Å². The number of nitrogens with one attached hydrogen (secondary N) is 1. The molecule has 0 bridgehead atoms. The average molecular weight is 281 g/mol. The third-order valence-electron chi connectivity index (χ3n) is 3.04. The van der Waals surface area contributed by atoms with Gasteiger partial charge in [0.25, 0.3) is 5.91 Å². The number of aryl methyl sites for hydroxylation is 1. The highest BCUT2D eigenvalue weighted by Crippen LogP contribution is 2.16. The van der Waals surface area contributed by atoms with E-state index in [2.05, 4.69) is 5.43 Å². The van der Waals surface area contributed by atoms with Crippen molar-refractivity contribution < 1.29 is 14.3 Å². The number of hydrogen-bond donors (Lipinski definition) is 2. The normalized spacial score (nSPS) is 10.4. The molecule has 0 aliphatic rings. The largest absolute Gasteiger partial charge is 0.383 e. The fourth-order valence-electron chi connectivity index (χ4n) is 1.88. The summed E-state index contributed by atoms with van der Waals surface area (Å²) >= 11 is 0. The van der Waals surface area contributed by atoms with Crippen LogP contribution in [0, 0.1) is 6.92 Å². The first-order valence-corrected chi connectivity index (χ1v) is 6.48. The Morgan fingerprint density at radius 2 is 1.85 bits per heavy atom. The molecule has 0 aliphatic carbocycles. The standard InChI is InChI=1S/C14H23N3O3/c1-11-10-12(16-15)4-5-13(11)14(18)17(6-8-19-2)7-9-20-3/h4-5,10,16H,6-9,15H2,1-3H3. The number of anilines is 1. The van der Waals surface area contributed by atoms with E-state index < -0.39 is 0 Å². The van der Waals surface area contributed by atoms with Crippen molar-refractivity contribution in [1.29, 1.82) is 0 Å². The number of amides is 1. The molecule has 20 heavy (non-hydrogen) atoms. The summed E-state index contributed by atoms with van der Waals surface area (Å²) in [6, 6.07) is 5.41. The molecule has 0 fully saturated rings. The summed E-state index contributed by atoms with van der Waals surface area (Å²) in [5.74, 6) is 5.33. The number of hydrazine groups is 1. The SMILES string of the molecule is COCCN(CCOC)C(=O)c1ccc(NN)cc1C. The Balaban J connectivity index is 2.86. The fraction of sp³-hybridized carbons (Fsp3) is 0.500. The third kappa shape index (κ3) is 4.48. The van der Waals surface area contributed by atoms with Gasteiger partial charge in [0.1, 0.15) is 0 Å². The number of hydrogen-bond acceptors (Lipinski definition) is 5. The van der Waals surface area contributed by atoms with Gasteiger partial charge in [-0.2, -0.15) is 0 Å². The van der Waals surface area contributed by atoms with Gasteiger partial charge >= 0.3 is 0 Å². The van der Waals surface area contributed by atoms with Crippen molar-refractivity contribution in [2.75, 3.05) is 45.9 Å². The van der Waals surface area contributed by atoms with Gasteiger partial charge in [0.15, 0.2) is 0 Å². The minimum absolute atomic E-state index is 0.0276. The molecule has 1 amide bonds. The van der Waals surface area contributed by atoms with Gasteiger partial charge in [-0.25, -0.2) is 0 Å². The number of rotatable bonds is 8. The molecule has 0 radical (unpaired) electrons. The van der Waals surface area contributed by atoms with E-state index in [0.717, 1.165) is 11.3 Å². The van der Waals surface area contributed by atoms with Crippen LogP contribution in [0.1, 0.15) is 15.9 Å². The summed E-state index contributed by atoms with van der Waals surface area (Å²) in [6.45, 7) is 3.96. The Morgan fingerprint density at radius 3 is 2.30 bits per heavy atom. The fourth-order valence-corrected chi connectivity index (χ4v) is 1.88. The highest BCUT2D eigenvalue weighted by molar-refractivity contribution is 5.96. The molecule has 0 atom stereocenters. The van der Waals surface area contributed by atoms with Gasteiger partial charge in [-0.15, -0.1) is 0 Å². The summed E-state index contributed by atoms with van der Waals surface area (Å²) in [5, 5.41) is 0. The number of methoxy groups -OCH3 is 2. The Labute approximate surface area is 119 Å². The first kappa shape index (κ1) is 16.4. The molecular weight excluding hydrogens is 258 g/mol. The molecule has 1 aromatic rings. The minimum Gasteiger partial charge on any atom is -0.383 e. The number of ether oxygens (including phenoxy) is 2. The lowest BCUT2D eigenvalue weighted by Crippen LogP contribution is -2.36. The van der Waals surface area contributed by atoms with E-state index >= 15 is 0 Å². The molecule has 1 aromatic carbocycles. The van der Waals surface area contributed by atoms with E-state index in [1.54, 1.807) is 31.3 Å². The zero-order valence-electron chi connectivity index (χ0n) is 12.3. The van der Waals surface area contributed by atoms with Crippen LogP contribution >= 0.6 is 0 Å². The Bertz CT molecular complexity index is 430. The van der Waals surface area contributed by atoms with Crippen molar-refractivity contribution in [1.82, 2.24) is 4.90 Å². The minimum atomic E-state index is -0.0276. The molecule has 0 saturated carbocycles. The number of carbonyl (C=O) groups is 1.